The first-order valence-electron chi connectivity index (χ1n) is 6.82. The fraction of sp³-hybridized carbons (Fsp3) is 0.583. The molecule has 0 spiro atoms. The van der Waals surface area contributed by atoms with E-state index in [0.29, 0.717) is 11.4 Å². The lowest BCUT2D eigenvalue weighted by atomic mass is 10.1. The Labute approximate surface area is 127 Å². The van der Waals surface area contributed by atoms with Crippen molar-refractivity contribution < 1.29 is 18.0 Å². The highest BCUT2D eigenvalue weighted by atomic mass is 32.1. The Kier molecular flexibility index (Phi) is 3.71. The molecule has 2 atom stereocenters. The molecule has 0 aliphatic carbocycles. The molecule has 2 aromatic rings. The van der Waals surface area contributed by atoms with Crippen LogP contribution in [-0.4, -0.2) is 44.3 Å². The normalized spacial score (nSPS) is 20.6. The first-order chi connectivity index (χ1) is 10.4. The van der Waals surface area contributed by atoms with Gasteiger partial charge in [-0.25, -0.2) is 14.3 Å². The number of halogens is 3. The average Bonchev–Trinajstić information content (AvgIpc) is 3.04. The Morgan fingerprint density at radius 3 is 2.95 bits per heavy atom. The summed E-state index contributed by atoms with van der Waals surface area (Å²) in [6, 6.07) is -3.02. The predicted molar refractivity (Wildman–Crippen MR) is 73.6 cm³/mol. The molecule has 3 rings (SSSR count). The molecule has 2 aromatic heterocycles. The lowest BCUT2D eigenvalue weighted by Crippen LogP contribution is -2.40. The van der Waals surface area contributed by atoms with Crippen LogP contribution in [0.15, 0.2) is 11.7 Å². The fourth-order valence-corrected chi connectivity index (χ4v) is 3.26. The number of aromatic nitrogens is 3. The quantitative estimate of drug-likeness (QED) is 0.935. The molecule has 0 radical (unpaired) electrons. The monoisotopic (exact) mass is 333 g/mol. The molecular weight excluding hydrogens is 319 g/mol. The summed E-state index contributed by atoms with van der Waals surface area (Å²) in [5.41, 5.74) is 1.29. The van der Waals surface area contributed by atoms with E-state index in [4.69, 9.17) is 0 Å². The van der Waals surface area contributed by atoms with Crippen molar-refractivity contribution in [2.24, 2.45) is 0 Å². The van der Waals surface area contributed by atoms with Crippen LogP contribution < -0.4 is 5.32 Å². The molecule has 3 heterocycles. The van der Waals surface area contributed by atoms with Crippen molar-refractivity contribution in [2.45, 2.75) is 38.0 Å². The summed E-state index contributed by atoms with van der Waals surface area (Å²) in [4.78, 5) is 17.1. The number of alkyl halides is 3. The first kappa shape index (κ1) is 15.1. The summed E-state index contributed by atoms with van der Waals surface area (Å²) in [6.45, 7) is 1.95. The van der Waals surface area contributed by atoms with E-state index in [9.17, 15) is 18.0 Å². The number of carbonyl (C=O) groups is 1. The Morgan fingerprint density at radius 2 is 2.32 bits per heavy atom. The number of rotatable bonds is 4. The Bertz CT molecular complexity index is 653. The molecule has 1 fully saturated rings. The number of hydrogen-bond donors (Lipinski definition) is 1. The van der Waals surface area contributed by atoms with Crippen molar-refractivity contribution in [3.63, 3.8) is 0 Å². The van der Waals surface area contributed by atoms with Gasteiger partial charge in [-0.2, -0.15) is 18.3 Å². The summed E-state index contributed by atoms with van der Waals surface area (Å²) in [7, 11) is 0. The van der Waals surface area contributed by atoms with E-state index in [1.165, 1.54) is 16.2 Å². The smallest absolute Gasteiger partial charge is 0.333 e. The van der Waals surface area contributed by atoms with Crippen molar-refractivity contribution in [1.29, 1.82) is 0 Å². The largest absolute Gasteiger partial charge is 0.414 e. The van der Waals surface area contributed by atoms with E-state index in [1.807, 2.05) is 6.92 Å². The Morgan fingerprint density at radius 1 is 1.55 bits per heavy atom. The van der Waals surface area contributed by atoms with Crippen LogP contribution in [0.5, 0.6) is 0 Å². The summed E-state index contributed by atoms with van der Waals surface area (Å²) in [5.74, 6) is 0. The molecule has 22 heavy (non-hydrogen) atoms. The van der Waals surface area contributed by atoms with Crippen molar-refractivity contribution in [3.05, 3.63) is 17.4 Å². The molecule has 1 aliphatic rings. The number of carbonyl (C=O) groups excluding carboxylic acids is 1. The van der Waals surface area contributed by atoms with Crippen LogP contribution >= 0.6 is 11.3 Å². The lowest BCUT2D eigenvalue weighted by Gasteiger charge is -2.27. The minimum absolute atomic E-state index is 0.0233. The number of hydrogen-bond acceptors (Lipinski definition) is 4. The number of urea groups is 1. The van der Waals surface area contributed by atoms with Gasteiger partial charge in [-0.3, -0.25) is 0 Å². The van der Waals surface area contributed by atoms with Gasteiger partial charge in [-0.15, -0.1) is 0 Å². The predicted octanol–water partition coefficient (Wildman–Crippen LogP) is 2.59. The molecule has 6 nitrogen and oxygen atoms in total. The van der Waals surface area contributed by atoms with Gasteiger partial charge >= 0.3 is 12.2 Å². The summed E-state index contributed by atoms with van der Waals surface area (Å²) in [5, 5.41) is 6.47. The van der Waals surface area contributed by atoms with Gasteiger partial charge in [0.25, 0.3) is 0 Å². The molecule has 10 heteroatoms. The van der Waals surface area contributed by atoms with Gasteiger partial charge in [-0.05, 0) is 6.42 Å². The first-order valence-corrected chi connectivity index (χ1v) is 7.70. The van der Waals surface area contributed by atoms with Crippen molar-refractivity contribution in [3.8, 4) is 0 Å². The van der Waals surface area contributed by atoms with Crippen LogP contribution in [-0.2, 0) is 0 Å². The fourth-order valence-electron chi connectivity index (χ4n) is 2.65. The van der Waals surface area contributed by atoms with Crippen LogP contribution in [0.3, 0.4) is 0 Å². The highest BCUT2D eigenvalue weighted by Crippen LogP contribution is 2.39. The molecule has 0 bridgehead atoms. The highest BCUT2D eigenvalue weighted by molar-refractivity contribution is 7.14. The SMILES string of the molecule is CCCC1CN(C(c2cn3ncsc3n2)C(F)(F)F)C(=O)N1. The average molecular weight is 333 g/mol. The maximum Gasteiger partial charge on any atom is 0.414 e. The van der Waals surface area contributed by atoms with Gasteiger partial charge in [0.15, 0.2) is 6.04 Å². The molecular formula is C12H14F3N5OS. The van der Waals surface area contributed by atoms with Gasteiger partial charge in [0.2, 0.25) is 4.96 Å². The van der Waals surface area contributed by atoms with Gasteiger partial charge in [0.05, 0.1) is 11.9 Å². The lowest BCUT2D eigenvalue weighted by molar-refractivity contribution is -0.177. The van der Waals surface area contributed by atoms with Gasteiger partial charge in [-0.1, -0.05) is 24.7 Å². The van der Waals surface area contributed by atoms with Crippen molar-refractivity contribution in [2.75, 3.05) is 6.54 Å². The summed E-state index contributed by atoms with van der Waals surface area (Å²) in [6.07, 6.45) is -1.93. The van der Waals surface area contributed by atoms with E-state index < -0.39 is 18.2 Å². The maximum absolute atomic E-state index is 13.5. The van der Waals surface area contributed by atoms with Gasteiger partial charge < -0.3 is 10.2 Å². The minimum Gasteiger partial charge on any atom is -0.333 e. The summed E-state index contributed by atoms with van der Waals surface area (Å²) < 4.78 is 41.8. The molecule has 120 valence electrons. The molecule has 2 unspecified atom stereocenters. The minimum atomic E-state index is -4.59. The van der Waals surface area contributed by atoms with E-state index in [1.54, 1.807) is 0 Å². The number of amides is 2. The van der Waals surface area contributed by atoms with Crippen LogP contribution in [0.1, 0.15) is 31.5 Å². The topological polar surface area (TPSA) is 62.5 Å². The van der Waals surface area contributed by atoms with Crippen molar-refractivity contribution in [1.82, 2.24) is 24.8 Å². The van der Waals surface area contributed by atoms with E-state index in [0.717, 1.165) is 22.7 Å². The Hall–Kier alpha value is -1.84. The zero-order valence-corrected chi connectivity index (χ0v) is 12.5. The van der Waals surface area contributed by atoms with Gasteiger partial charge in [0, 0.05) is 12.6 Å². The summed E-state index contributed by atoms with van der Waals surface area (Å²) >= 11 is 1.14. The van der Waals surface area contributed by atoms with Crippen LogP contribution in [0, 0.1) is 0 Å². The third-order valence-corrected chi connectivity index (χ3v) is 4.24. The van der Waals surface area contributed by atoms with Gasteiger partial charge in [0.1, 0.15) is 5.51 Å². The molecule has 1 N–H and O–H groups in total. The highest BCUT2D eigenvalue weighted by Gasteiger charge is 2.50. The zero-order chi connectivity index (χ0) is 15.9. The molecule has 0 saturated carbocycles. The third-order valence-electron chi connectivity index (χ3n) is 3.55. The number of nitrogens with zero attached hydrogens (tertiary/aromatic N) is 4. The Balaban J connectivity index is 1.94. The molecule has 1 saturated heterocycles. The second kappa shape index (κ2) is 5.41. The standard InChI is InChI=1S/C12H14F3N5OS/c1-2-3-7-4-19(10(21)17-7)9(12(13,14)15)8-5-20-11(18-8)22-6-16-20/h5-7,9H,2-4H2,1H3,(H,17,21). The second-order valence-corrected chi connectivity index (χ2v) is 5.97. The van der Waals surface area contributed by atoms with E-state index >= 15 is 0 Å². The van der Waals surface area contributed by atoms with Crippen LogP contribution in [0.25, 0.3) is 4.96 Å². The molecule has 2 amide bonds. The van der Waals surface area contributed by atoms with Crippen LogP contribution in [0.2, 0.25) is 0 Å². The van der Waals surface area contributed by atoms with Crippen LogP contribution in [0.4, 0.5) is 18.0 Å². The zero-order valence-electron chi connectivity index (χ0n) is 11.7. The van der Waals surface area contributed by atoms with E-state index in [-0.39, 0.29) is 18.3 Å². The molecule has 0 aromatic carbocycles. The second-order valence-electron chi connectivity index (χ2n) is 5.16. The maximum atomic E-state index is 13.5. The van der Waals surface area contributed by atoms with Crippen molar-refractivity contribution >= 4 is 22.3 Å². The third kappa shape index (κ3) is 2.62. The number of fused-ring (bicyclic) bond motifs is 1. The van der Waals surface area contributed by atoms with E-state index in [2.05, 4.69) is 15.4 Å². The number of nitrogens with one attached hydrogen (secondary N) is 1. The molecule has 1 aliphatic heterocycles. The number of imidazole rings is 1.